The highest BCUT2D eigenvalue weighted by molar-refractivity contribution is 8.13. The van der Waals surface area contributed by atoms with E-state index >= 15 is 0 Å². The molecule has 0 aliphatic carbocycles. The van der Waals surface area contributed by atoms with Gasteiger partial charge in [-0.3, -0.25) is 9.89 Å². The molecule has 0 bridgehead atoms. The maximum atomic E-state index is 12.3. The largest absolute Gasteiger partial charge is 0.379 e. The van der Waals surface area contributed by atoms with Crippen molar-refractivity contribution in [1.29, 1.82) is 0 Å². The Morgan fingerprint density at radius 2 is 2.29 bits per heavy atom. The molecular weight excluding hydrogens is 318 g/mol. The van der Waals surface area contributed by atoms with Gasteiger partial charge in [-0.25, -0.2) is 8.42 Å². The van der Waals surface area contributed by atoms with E-state index < -0.39 is 20.5 Å². The zero-order chi connectivity index (χ0) is 15.7. The van der Waals surface area contributed by atoms with Gasteiger partial charge in [0.05, 0.1) is 17.8 Å². The number of aryl methyl sites for hydroxylation is 1. The van der Waals surface area contributed by atoms with Crippen LogP contribution < -0.4 is 5.32 Å². The van der Waals surface area contributed by atoms with E-state index in [1.165, 1.54) is 0 Å². The second-order valence-electron chi connectivity index (χ2n) is 5.39. The maximum Gasteiger partial charge on any atom is 0.273 e. The number of H-pyrrole nitrogens is 1. The van der Waals surface area contributed by atoms with Crippen molar-refractivity contribution in [3.63, 3.8) is 0 Å². The summed E-state index contributed by atoms with van der Waals surface area (Å²) in [5, 5.41) is 9.20. The highest BCUT2D eigenvalue weighted by Gasteiger charge is 2.35. The van der Waals surface area contributed by atoms with Gasteiger partial charge in [0.2, 0.25) is 0 Å². The van der Waals surface area contributed by atoms with Crippen molar-refractivity contribution in [3.05, 3.63) is 11.4 Å². The minimum absolute atomic E-state index is 0.193. The number of hydrogen-bond donors (Lipinski definition) is 2. The van der Waals surface area contributed by atoms with Gasteiger partial charge in [0.1, 0.15) is 4.90 Å². The monoisotopic (exact) mass is 335 g/mol. The standard InChI is InChI=1S/C12H18ClN3O4S/c1-3-4-8-10(21(13,18)19)9(16-15-8)11(17)14-12(2)5-6-20-7-12/h3-7H2,1-2H3,(H,14,17)(H,15,16). The van der Waals surface area contributed by atoms with Gasteiger partial charge in [-0.05, 0) is 19.8 Å². The van der Waals surface area contributed by atoms with Gasteiger partial charge in [0.25, 0.3) is 15.0 Å². The number of aromatic amines is 1. The summed E-state index contributed by atoms with van der Waals surface area (Å²) in [6.45, 7) is 4.67. The summed E-state index contributed by atoms with van der Waals surface area (Å²) in [5.41, 5.74) is -0.360. The van der Waals surface area contributed by atoms with Crippen molar-refractivity contribution in [1.82, 2.24) is 15.5 Å². The third-order valence-electron chi connectivity index (χ3n) is 3.38. The molecule has 1 atom stereocenters. The summed E-state index contributed by atoms with van der Waals surface area (Å²) in [7, 11) is 1.39. The average molecular weight is 336 g/mol. The Bertz CT molecular complexity index is 635. The lowest BCUT2D eigenvalue weighted by molar-refractivity contribution is 0.0881. The number of carbonyl (C=O) groups is 1. The molecule has 118 valence electrons. The van der Waals surface area contributed by atoms with E-state index in [2.05, 4.69) is 15.5 Å². The third kappa shape index (κ3) is 3.56. The van der Waals surface area contributed by atoms with E-state index in [1.807, 2.05) is 13.8 Å². The van der Waals surface area contributed by atoms with Crippen LogP contribution in [-0.2, 0) is 20.2 Å². The summed E-state index contributed by atoms with van der Waals surface area (Å²) in [5.74, 6) is -0.569. The van der Waals surface area contributed by atoms with Gasteiger partial charge < -0.3 is 10.1 Å². The van der Waals surface area contributed by atoms with Crippen LogP contribution in [0.15, 0.2) is 4.90 Å². The van der Waals surface area contributed by atoms with Gasteiger partial charge >= 0.3 is 0 Å². The van der Waals surface area contributed by atoms with E-state index in [-0.39, 0.29) is 10.6 Å². The predicted molar refractivity (Wildman–Crippen MR) is 76.9 cm³/mol. The Hall–Kier alpha value is -1.12. The number of ether oxygens (including phenoxy) is 1. The highest BCUT2D eigenvalue weighted by Crippen LogP contribution is 2.25. The first kappa shape index (κ1) is 16.3. The second-order valence-corrected chi connectivity index (χ2v) is 7.89. The van der Waals surface area contributed by atoms with Crippen LogP contribution in [-0.4, -0.2) is 43.3 Å². The number of halogens is 1. The third-order valence-corrected chi connectivity index (χ3v) is 4.78. The molecule has 1 aliphatic heterocycles. The topological polar surface area (TPSA) is 101 Å². The van der Waals surface area contributed by atoms with Crippen LogP contribution in [0.2, 0.25) is 0 Å². The molecule has 1 fully saturated rings. The minimum atomic E-state index is -4.06. The summed E-state index contributed by atoms with van der Waals surface area (Å²) in [4.78, 5) is 12.1. The number of carbonyl (C=O) groups excluding carboxylic acids is 1. The lowest BCUT2D eigenvalue weighted by Gasteiger charge is -2.22. The van der Waals surface area contributed by atoms with E-state index in [9.17, 15) is 13.2 Å². The Kier molecular flexibility index (Phi) is 4.60. The Labute approximate surface area is 127 Å². The van der Waals surface area contributed by atoms with Crippen molar-refractivity contribution in [2.45, 2.75) is 43.5 Å². The van der Waals surface area contributed by atoms with Crippen LogP contribution in [0.3, 0.4) is 0 Å². The molecule has 1 aromatic rings. The SMILES string of the molecule is CCCc1[nH]nc(C(=O)NC2(C)CCOC2)c1S(=O)(=O)Cl. The zero-order valence-corrected chi connectivity index (χ0v) is 13.5. The number of amides is 1. The second kappa shape index (κ2) is 5.94. The fraction of sp³-hybridized carbons (Fsp3) is 0.667. The normalized spacial score (nSPS) is 22.4. The first-order valence-electron chi connectivity index (χ1n) is 6.69. The summed E-state index contributed by atoms with van der Waals surface area (Å²) in [6.07, 6.45) is 1.81. The molecule has 7 nitrogen and oxygen atoms in total. The van der Waals surface area contributed by atoms with Gasteiger partial charge in [-0.2, -0.15) is 5.10 Å². The number of nitrogens with one attached hydrogen (secondary N) is 2. The number of nitrogens with zero attached hydrogens (tertiary/aromatic N) is 1. The molecule has 1 amide bonds. The van der Waals surface area contributed by atoms with Gasteiger partial charge in [0.15, 0.2) is 5.69 Å². The van der Waals surface area contributed by atoms with Gasteiger partial charge in [0, 0.05) is 17.3 Å². The Morgan fingerprint density at radius 1 is 1.57 bits per heavy atom. The van der Waals surface area contributed by atoms with Crippen LogP contribution in [0.25, 0.3) is 0 Å². The number of rotatable bonds is 5. The highest BCUT2D eigenvalue weighted by atomic mass is 35.7. The Balaban J connectivity index is 2.33. The Morgan fingerprint density at radius 3 is 2.81 bits per heavy atom. The molecular formula is C12H18ClN3O4S. The lowest BCUT2D eigenvalue weighted by atomic mass is 10.0. The lowest BCUT2D eigenvalue weighted by Crippen LogP contribution is -2.46. The van der Waals surface area contributed by atoms with Gasteiger partial charge in [-0.15, -0.1) is 0 Å². The summed E-state index contributed by atoms with van der Waals surface area (Å²) >= 11 is 0. The van der Waals surface area contributed by atoms with Crippen LogP contribution >= 0.6 is 10.7 Å². The first-order valence-corrected chi connectivity index (χ1v) is 9.00. The van der Waals surface area contributed by atoms with E-state index in [1.54, 1.807) is 0 Å². The smallest absolute Gasteiger partial charge is 0.273 e. The van der Waals surface area contributed by atoms with Gasteiger partial charge in [-0.1, -0.05) is 13.3 Å². The molecule has 0 saturated carbocycles. The molecule has 2 rings (SSSR count). The van der Waals surface area contributed by atoms with Crippen LogP contribution in [0, 0.1) is 0 Å². The minimum Gasteiger partial charge on any atom is -0.379 e. The average Bonchev–Trinajstić information content (AvgIpc) is 2.95. The zero-order valence-electron chi connectivity index (χ0n) is 11.9. The fourth-order valence-electron chi connectivity index (χ4n) is 2.30. The molecule has 2 heterocycles. The molecule has 0 radical (unpaired) electrons. The van der Waals surface area contributed by atoms with E-state index in [0.717, 1.165) is 0 Å². The molecule has 21 heavy (non-hydrogen) atoms. The van der Waals surface area contributed by atoms with E-state index in [0.29, 0.717) is 38.2 Å². The molecule has 1 aromatic heterocycles. The summed E-state index contributed by atoms with van der Waals surface area (Å²) < 4.78 is 28.7. The quantitative estimate of drug-likeness (QED) is 0.787. The molecule has 1 unspecified atom stereocenters. The number of aromatic nitrogens is 2. The van der Waals surface area contributed by atoms with E-state index in [4.69, 9.17) is 15.4 Å². The van der Waals surface area contributed by atoms with Crippen molar-refractivity contribution < 1.29 is 17.9 Å². The molecule has 1 aliphatic rings. The summed E-state index contributed by atoms with van der Waals surface area (Å²) in [6, 6.07) is 0. The number of hydrogen-bond acceptors (Lipinski definition) is 5. The molecule has 2 N–H and O–H groups in total. The molecule has 0 spiro atoms. The van der Waals surface area contributed by atoms with Crippen molar-refractivity contribution >= 4 is 25.6 Å². The predicted octanol–water partition coefficient (Wildman–Crippen LogP) is 1.20. The molecule has 0 aromatic carbocycles. The first-order chi connectivity index (χ1) is 9.77. The van der Waals surface area contributed by atoms with Crippen LogP contribution in [0.4, 0.5) is 0 Å². The maximum absolute atomic E-state index is 12.3. The fourth-order valence-corrected chi connectivity index (χ4v) is 3.61. The van der Waals surface area contributed by atoms with Crippen LogP contribution in [0.5, 0.6) is 0 Å². The molecule has 9 heteroatoms. The van der Waals surface area contributed by atoms with Crippen molar-refractivity contribution in [2.24, 2.45) is 0 Å². The van der Waals surface area contributed by atoms with Crippen LogP contribution in [0.1, 0.15) is 42.9 Å². The van der Waals surface area contributed by atoms with Crippen molar-refractivity contribution in [2.75, 3.05) is 13.2 Å². The van der Waals surface area contributed by atoms with Crippen molar-refractivity contribution in [3.8, 4) is 0 Å². The molecule has 1 saturated heterocycles.